The minimum Gasteiger partial charge on any atom is -0.822 e. The molecule has 0 aliphatic heterocycles. The molecule has 0 aromatic carbocycles. The summed E-state index contributed by atoms with van der Waals surface area (Å²) in [6.07, 6.45) is 0. The molecule has 0 rings (SSSR count). The van der Waals surface area contributed by atoms with Crippen LogP contribution in [0.3, 0.4) is 0 Å². The van der Waals surface area contributed by atoms with Crippen LogP contribution in [0.4, 0.5) is 0 Å². The van der Waals surface area contributed by atoms with Gasteiger partial charge < -0.3 is 115 Å². The van der Waals surface area contributed by atoms with E-state index in [1.54, 1.807) is 0 Å². The van der Waals surface area contributed by atoms with Crippen LogP contribution in [0.2, 0.25) is 0 Å². The SMILES string of the molecule is O.O.O.O.O.O.O.O.O.O.O.O.O.O.O=P([O-])([O-])O.O=P([O-])([O-])[O-].[Na+].[Na+].[Na+].[Na+].[Na+]. The summed E-state index contributed by atoms with van der Waals surface area (Å²) in [5, 5.41) is 0. The summed E-state index contributed by atoms with van der Waals surface area (Å²) in [4.78, 5) is 49.9. The molecule has 0 bridgehead atoms. The second-order valence-corrected chi connectivity index (χ2v) is 2.75. The first-order valence-electron chi connectivity index (χ1n) is 1.48. The van der Waals surface area contributed by atoms with Crippen molar-refractivity contribution in [1.29, 1.82) is 0 Å². The summed E-state index contributed by atoms with van der Waals surface area (Å²) >= 11 is 0. The second-order valence-electron chi connectivity index (χ2n) is 0.916. The molecule has 0 atom stereocenters. The molecule has 0 radical (unpaired) electrons. The van der Waals surface area contributed by atoms with E-state index in [0.29, 0.717) is 0 Å². The van der Waals surface area contributed by atoms with Gasteiger partial charge in [0, 0.05) is 0 Å². The van der Waals surface area contributed by atoms with E-state index in [1.165, 1.54) is 0 Å². The van der Waals surface area contributed by atoms with Gasteiger partial charge in [-0.1, -0.05) is 0 Å². The van der Waals surface area contributed by atoms with Gasteiger partial charge >= 0.3 is 148 Å². The summed E-state index contributed by atoms with van der Waals surface area (Å²) in [5.74, 6) is 0. The third-order valence-electron chi connectivity index (χ3n) is 0. The topological polar surface area (TPSA) is 611 Å². The van der Waals surface area contributed by atoms with Gasteiger partial charge in [-0.2, -0.15) is 7.82 Å². The van der Waals surface area contributed by atoms with Crippen molar-refractivity contribution in [3.8, 4) is 0 Å². The molecule has 0 aliphatic carbocycles. The first kappa shape index (κ1) is 224. The maximum atomic E-state index is 8.66. The van der Waals surface area contributed by atoms with Crippen LogP contribution >= 0.6 is 15.6 Å². The number of rotatable bonds is 0. The average Bonchev–Trinajstić information content (AvgIpc) is 1.12. The maximum absolute atomic E-state index is 8.66. The normalized spacial score (nSPS) is 4.07. The number of hydrogen-bond donors (Lipinski definition) is 1. The molecule has 0 unspecified atom stereocenters. The maximum Gasteiger partial charge on any atom is 1.00 e. The van der Waals surface area contributed by atoms with Gasteiger partial charge in [0.05, 0.1) is 7.82 Å². The van der Waals surface area contributed by atoms with E-state index in [4.69, 9.17) is 38.5 Å². The van der Waals surface area contributed by atoms with E-state index in [2.05, 4.69) is 0 Å². The summed E-state index contributed by atoms with van der Waals surface area (Å²) in [5.41, 5.74) is 0. The van der Waals surface area contributed by atoms with Crippen molar-refractivity contribution < 1.29 is 263 Å². The Labute approximate surface area is 274 Å². The van der Waals surface area contributed by atoms with Crippen LogP contribution in [-0.4, -0.2) is 81.6 Å². The van der Waals surface area contributed by atoms with Crippen molar-refractivity contribution in [2.45, 2.75) is 0 Å². The fourth-order valence-electron chi connectivity index (χ4n) is 0. The van der Waals surface area contributed by atoms with Gasteiger partial charge in [-0.3, -0.25) is 0 Å². The van der Waals surface area contributed by atoms with Crippen LogP contribution in [-0.2, 0) is 9.13 Å². The largest absolute Gasteiger partial charge is 1.00 e. The van der Waals surface area contributed by atoms with Gasteiger partial charge in [0.2, 0.25) is 0 Å². The van der Waals surface area contributed by atoms with Crippen LogP contribution in [0.25, 0.3) is 0 Å². The quantitative estimate of drug-likeness (QED) is 0.219. The second kappa shape index (κ2) is 118. The van der Waals surface area contributed by atoms with E-state index in [1.807, 2.05) is 0 Å². The predicted molar refractivity (Wildman–Crippen MR) is 68.0 cm³/mol. The summed E-state index contributed by atoms with van der Waals surface area (Å²) < 4.78 is 17.2. The minimum absolute atomic E-state index is 0. The smallest absolute Gasteiger partial charge is 0.822 e. The van der Waals surface area contributed by atoms with E-state index < -0.39 is 15.6 Å². The van der Waals surface area contributed by atoms with Crippen molar-refractivity contribution in [3.05, 3.63) is 0 Å². The predicted octanol–water partition coefficient (Wildman–Crippen LogP) is -31.5. The third-order valence-corrected chi connectivity index (χ3v) is 0. The Morgan fingerprint density at radius 1 is 0.379 bits per heavy atom. The Morgan fingerprint density at radius 2 is 0.379 bits per heavy atom. The molecule has 29 heteroatoms. The summed E-state index contributed by atoms with van der Waals surface area (Å²) in [6.45, 7) is 0. The molecule has 0 saturated carbocycles. The molecule has 176 valence electrons. The van der Waals surface area contributed by atoms with Gasteiger partial charge in [0.25, 0.3) is 0 Å². The molecular formula is H29Na5O22P2. The monoisotopic (exact) mass is 558 g/mol. The zero-order chi connectivity index (χ0) is 9.00. The zero-order valence-electron chi connectivity index (χ0n) is 16.2. The Morgan fingerprint density at radius 3 is 0.379 bits per heavy atom. The van der Waals surface area contributed by atoms with Crippen molar-refractivity contribution in [2.75, 3.05) is 0 Å². The molecule has 0 fully saturated rings. The molecule has 29 N–H and O–H groups in total. The first-order valence-corrected chi connectivity index (χ1v) is 4.43. The van der Waals surface area contributed by atoms with Crippen LogP contribution in [0.15, 0.2) is 0 Å². The Bertz CT molecular complexity index is 142. The van der Waals surface area contributed by atoms with Gasteiger partial charge in [-0.15, -0.1) is 0 Å². The van der Waals surface area contributed by atoms with Crippen molar-refractivity contribution >= 4 is 15.6 Å². The fraction of sp³-hybridized carbons (Fsp3) is 0. The summed E-state index contributed by atoms with van der Waals surface area (Å²) in [7, 11) is -10.5. The molecule has 0 heterocycles. The molecule has 0 aromatic heterocycles. The van der Waals surface area contributed by atoms with Crippen molar-refractivity contribution in [1.82, 2.24) is 0 Å². The number of phosphoric acid groups is 2. The van der Waals surface area contributed by atoms with E-state index in [9.17, 15) is 0 Å². The minimum atomic E-state index is -5.39. The van der Waals surface area contributed by atoms with Crippen LogP contribution < -0.4 is 172 Å². The third kappa shape index (κ3) is 1410. The standard InChI is InChI=1S/5Na.2H3O4P.14H2O/c;;;;;2*1-5(2,3)4;;;;;;;;;;;;;;/h;;;;;2*(H3,1,2,3,4);14*1H2/q5*+1;;;;;;;;;;;;;;;;/p-5. The molecule has 29 heavy (non-hydrogen) atoms. The van der Waals surface area contributed by atoms with Gasteiger partial charge in [-0.05, 0) is 0 Å². The van der Waals surface area contributed by atoms with E-state index in [-0.39, 0.29) is 224 Å². The molecule has 0 aromatic rings. The zero-order valence-corrected chi connectivity index (χ0v) is 28.0. The van der Waals surface area contributed by atoms with Crippen molar-refractivity contribution in [2.24, 2.45) is 0 Å². The average molecular weight is 558 g/mol. The Kier molecular flexibility index (Phi) is 911. The Balaban J connectivity index is -0.00000000140. The van der Waals surface area contributed by atoms with Crippen molar-refractivity contribution in [3.63, 3.8) is 0 Å². The molecular weight excluding hydrogens is 529 g/mol. The first-order chi connectivity index (χ1) is 4.00. The van der Waals surface area contributed by atoms with Crippen LogP contribution in [0, 0.1) is 0 Å². The Hall–Kier alpha value is 4.66. The summed E-state index contributed by atoms with van der Waals surface area (Å²) in [6, 6.07) is 0. The molecule has 0 amide bonds. The van der Waals surface area contributed by atoms with E-state index in [0.717, 1.165) is 0 Å². The van der Waals surface area contributed by atoms with Gasteiger partial charge in [0.15, 0.2) is 0 Å². The van der Waals surface area contributed by atoms with E-state index >= 15 is 0 Å². The molecule has 22 nitrogen and oxygen atoms in total. The molecule has 0 spiro atoms. The van der Waals surface area contributed by atoms with Gasteiger partial charge in [-0.25, -0.2) is 0 Å². The van der Waals surface area contributed by atoms with Gasteiger partial charge in [0.1, 0.15) is 0 Å². The number of hydrogen-bond acceptors (Lipinski definition) is 7. The molecule has 0 saturated heterocycles. The van der Waals surface area contributed by atoms with Crippen LogP contribution in [0.1, 0.15) is 0 Å². The fourth-order valence-corrected chi connectivity index (χ4v) is 0. The van der Waals surface area contributed by atoms with Crippen LogP contribution in [0.5, 0.6) is 0 Å². The molecule has 0 aliphatic rings.